The number of hydrogen-bond donors (Lipinski definition) is 2. The molecule has 2 amide bonds. The van der Waals surface area contributed by atoms with Crippen molar-refractivity contribution in [1.82, 2.24) is 10.2 Å². The number of likely N-dealkylation sites (tertiary alicyclic amines) is 1. The van der Waals surface area contributed by atoms with E-state index in [0.29, 0.717) is 12.8 Å². The van der Waals surface area contributed by atoms with Crippen molar-refractivity contribution in [3.63, 3.8) is 0 Å². The van der Waals surface area contributed by atoms with Crippen molar-refractivity contribution < 1.29 is 14.7 Å². The van der Waals surface area contributed by atoms with Gasteiger partial charge in [-0.05, 0) is 37.5 Å². The van der Waals surface area contributed by atoms with Crippen LogP contribution in [-0.4, -0.2) is 41.6 Å². The zero-order valence-electron chi connectivity index (χ0n) is 11.9. The smallest absolute Gasteiger partial charge is 0.317 e. The number of carboxylic acid groups (broad SMARTS) is 1. The quantitative estimate of drug-likeness (QED) is 0.802. The molecule has 1 aliphatic carbocycles. The zero-order valence-corrected chi connectivity index (χ0v) is 11.9. The summed E-state index contributed by atoms with van der Waals surface area (Å²) in [7, 11) is 0. The van der Waals surface area contributed by atoms with Gasteiger partial charge in [-0.3, -0.25) is 4.79 Å². The van der Waals surface area contributed by atoms with Crippen LogP contribution in [0.2, 0.25) is 0 Å². The molecule has 1 aliphatic heterocycles. The van der Waals surface area contributed by atoms with Gasteiger partial charge < -0.3 is 15.3 Å². The van der Waals surface area contributed by atoms with Crippen LogP contribution in [0.1, 0.15) is 46.0 Å². The van der Waals surface area contributed by atoms with Gasteiger partial charge >= 0.3 is 12.0 Å². The summed E-state index contributed by atoms with van der Waals surface area (Å²) in [5, 5.41) is 11.9. The number of nitrogens with zero attached hydrogens (tertiary/aromatic N) is 1. The third kappa shape index (κ3) is 2.69. The first-order valence-electron chi connectivity index (χ1n) is 7.23. The van der Waals surface area contributed by atoms with Crippen molar-refractivity contribution in [2.45, 2.75) is 46.0 Å². The molecule has 1 saturated heterocycles. The third-order valence-electron chi connectivity index (χ3n) is 5.11. The number of amides is 2. The van der Waals surface area contributed by atoms with Gasteiger partial charge in [0.05, 0.1) is 5.41 Å². The zero-order chi connectivity index (χ0) is 14.1. The predicted molar refractivity (Wildman–Crippen MR) is 71.9 cm³/mol. The number of nitrogens with one attached hydrogen (secondary N) is 1. The van der Waals surface area contributed by atoms with Gasteiger partial charge in [0, 0.05) is 19.6 Å². The van der Waals surface area contributed by atoms with Crippen molar-refractivity contribution in [1.29, 1.82) is 0 Å². The fraction of sp³-hybridized carbons (Fsp3) is 0.857. The number of carbonyl (C=O) groups excluding carboxylic acids is 1. The Labute approximate surface area is 114 Å². The standard InChI is InChI=1S/C14H24N2O3/c1-3-13(4-2)7-8-16(10-13)12(19)15-9-14(5-6-14)11(17)18/h3-10H2,1-2H3,(H,15,19)(H,17,18). The van der Waals surface area contributed by atoms with Crippen LogP contribution >= 0.6 is 0 Å². The summed E-state index contributed by atoms with van der Waals surface area (Å²) < 4.78 is 0. The van der Waals surface area contributed by atoms with Crippen LogP contribution in [0.15, 0.2) is 0 Å². The molecule has 0 aromatic rings. The molecule has 2 N–H and O–H groups in total. The highest BCUT2D eigenvalue weighted by Crippen LogP contribution is 2.45. The maximum atomic E-state index is 12.1. The molecule has 108 valence electrons. The first kappa shape index (κ1) is 14.2. The molecule has 2 rings (SSSR count). The molecule has 0 aromatic carbocycles. The fourth-order valence-corrected chi connectivity index (χ4v) is 2.91. The molecule has 1 saturated carbocycles. The number of aliphatic carboxylic acids is 1. The molecular weight excluding hydrogens is 244 g/mol. The average molecular weight is 268 g/mol. The molecule has 0 bridgehead atoms. The van der Waals surface area contributed by atoms with Gasteiger partial charge in [-0.15, -0.1) is 0 Å². The number of urea groups is 1. The number of carbonyl (C=O) groups is 2. The molecule has 19 heavy (non-hydrogen) atoms. The Kier molecular flexibility index (Phi) is 3.74. The van der Waals surface area contributed by atoms with E-state index < -0.39 is 11.4 Å². The van der Waals surface area contributed by atoms with Gasteiger partial charge in [-0.1, -0.05) is 13.8 Å². The largest absolute Gasteiger partial charge is 0.481 e. The Hall–Kier alpha value is -1.26. The van der Waals surface area contributed by atoms with Crippen LogP contribution < -0.4 is 5.32 Å². The number of carboxylic acids is 1. The third-order valence-corrected chi connectivity index (χ3v) is 5.11. The molecular formula is C14H24N2O3. The van der Waals surface area contributed by atoms with Gasteiger partial charge in [0.2, 0.25) is 0 Å². The molecule has 0 radical (unpaired) electrons. The van der Waals surface area contributed by atoms with E-state index >= 15 is 0 Å². The maximum absolute atomic E-state index is 12.1. The molecule has 0 unspecified atom stereocenters. The van der Waals surface area contributed by atoms with Crippen LogP contribution in [-0.2, 0) is 4.79 Å². The first-order valence-corrected chi connectivity index (χ1v) is 7.23. The van der Waals surface area contributed by atoms with Crippen molar-refractivity contribution in [3.05, 3.63) is 0 Å². The van der Waals surface area contributed by atoms with Crippen LogP contribution in [0.5, 0.6) is 0 Å². The minimum Gasteiger partial charge on any atom is -0.481 e. The Balaban J connectivity index is 1.84. The van der Waals surface area contributed by atoms with Crippen LogP contribution in [0.4, 0.5) is 4.79 Å². The number of hydrogen-bond acceptors (Lipinski definition) is 2. The number of rotatable bonds is 5. The first-order chi connectivity index (χ1) is 8.97. The van der Waals surface area contributed by atoms with Crippen molar-refractivity contribution in [2.75, 3.05) is 19.6 Å². The lowest BCUT2D eigenvalue weighted by molar-refractivity contribution is -0.143. The molecule has 0 atom stereocenters. The Morgan fingerprint density at radius 2 is 1.84 bits per heavy atom. The summed E-state index contributed by atoms with van der Waals surface area (Å²) in [5.41, 5.74) is -0.413. The lowest BCUT2D eigenvalue weighted by atomic mass is 9.82. The van der Waals surface area contributed by atoms with Gasteiger partial charge in [0.15, 0.2) is 0 Å². The van der Waals surface area contributed by atoms with Gasteiger partial charge in [0.25, 0.3) is 0 Å². The van der Waals surface area contributed by atoms with Crippen LogP contribution in [0.3, 0.4) is 0 Å². The van der Waals surface area contributed by atoms with E-state index in [2.05, 4.69) is 19.2 Å². The van der Waals surface area contributed by atoms with E-state index in [-0.39, 0.29) is 18.0 Å². The molecule has 2 fully saturated rings. The summed E-state index contributed by atoms with van der Waals surface area (Å²) in [6, 6.07) is -0.101. The summed E-state index contributed by atoms with van der Waals surface area (Å²) in [6.45, 7) is 6.20. The Morgan fingerprint density at radius 1 is 1.21 bits per heavy atom. The molecule has 0 aromatic heterocycles. The van der Waals surface area contributed by atoms with Gasteiger partial charge in [-0.2, -0.15) is 0 Å². The highest BCUT2D eigenvalue weighted by atomic mass is 16.4. The van der Waals surface area contributed by atoms with Crippen LogP contribution in [0, 0.1) is 10.8 Å². The lowest BCUT2D eigenvalue weighted by Gasteiger charge is -2.26. The molecule has 2 aliphatic rings. The minimum absolute atomic E-state index is 0.101. The van der Waals surface area contributed by atoms with E-state index in [1.807, 2.05) is 4.90 Å². The lowest BCUT2D eigenvalue weighted by Crippen LogP contribution is -2.43. The SMILES string of the molecule is CCC1(CC)CCN(C(=O)NCC2(C(=O)O)CC2)C1. The van der Waals surface area contributed by atoms with E-state index in [1.54, 1.807) is 0 Å². The summed E-state index contributed by atoms with van der Waals surface area (Å²) >= 11 is 0. The van der Waals surface area contributed by atoms with E-state index in [4.69, 9.17) is 5.11 Å². The van der Waals surface area contributed by atoms with Crippen molar-refractivity contribution >= 4 is 12.0 Å². The van der Waals surface area contributed by atoms with Crippen molar-refractivity contribution in [3.8, 4) is 0 Å². The predicted octanol–water partition coefficient (Wildman–Crippen LogP) is 2.07. The Bertz CT molecular complexity index is 373. The fourth-order valence-electron chi connectivity index (χ4n) is 2.91. The minimum atomic E-state index is -0.786. The monoisotopic (exact) mass is 268 g/mol. The maximum Gasteiger partial charge on any atom is 0.317 e. The Morgan fingerprint density at radius 3 is 2.26 bits per heavy atom. The van der Waals surface area contributed by atoms with E-state index in [1.165, 1.54) is 0 Å². The van der Waals surface area contributed by atoms with E-state index in [0.717, 1.165) is 32.4 Å². The summed E-state index contributed by atoms with van der Waals surface area (Å²) in [5.74, 6) is -0.786. The van der Waals surface area contributed by atoms with Gasteiger partial charge in [0.1, 0.15) is 0 Å². The topological polar surface area (TPSA) is 69.6 Å². The highest BCUT2D eigenvalue weighted by molar-refractivity contribution is 5.80. The summed E-state index contributed by atoms with van der Waals surface area (Å²) in [6.07, 6.45) is 4.59. The molecule has 5 heteroatoms. The molecule has 0 spiro atoms. The van der Waals surface area contributed by atoms with Crippen molar-refractivity contribution in [2.24, 2.45) is 10.8 Å². The normalized spacial score (nSPS) is 23.2. The second-order valence-electron chi connectivity index (χ2n) is 6.12. The van der Waals surface area contributed by atoms with Gasteiger partial charge in [-0.25, -0.2) is 4.79 Å². The summed E-state index contributed by atoms with van der Waals surface area (Å²) in [4.78, 5) is 25.0. The molecule has 1 heterocycles. The van der Waals surface area contributed by atoms with Crippen LogP contribution in [0.25, 0.3) is 0 Å². The average Bonchev–Trinajstić information content (AvgIpc) is 3.09. The second-order valence-corrected chi connectivity index (χ2v) is 6.12. The highest BCUT2D eigenvalue weighted by Gasteiger charge is 2.50. The second kappa shape index (κ2) is 5.02. The van der Waals surface area contributed by atoms with E-state index in [9.17, 15) is 9.59 Å². The molecule has 5 nitrogen and oxygen atoms in total.